The predicted molar refractivity (Wildman–Crippen MR) is 198 cm³/mol. The summed E-state index contributed by atoms with van der Waals surface area (Å²) in [6.45, 7) is 10.6. The van der Waals surface area contributed by atoms with Crippen molar-refractivity contribution in [1.82, 2.24) is 19.8 Å². The third-order valence-electron chi connectivity index (χ3n) is 11.6. The number of nitrogens with one attached hydrogen (secondary N) is 1. The van der Waals surface area contributed by atoms with E-state index in [1.807, 2.05) is 30.5 Å². The molecule has 3 aliphatic rings. The summed E-state index contributed by atoms with van der Waals surface area (Å²) in [6, 6.07) is 22.9. The molecule has 3 atom stereocenters. The number of aromatic nitrogens is 2. The Bertz CT molecular complexity index is 1930. The molecule has 1 saturated carbocycles. The van der Waals surface area contributed by atoms with Crippen molar-refractivity contribution in [1.29, 1.82) is 0 Å². The molecule has 2 saturated heterocycles. The Morgan fingerprint density at radius 1 is 0.980 bits per heavy atom. The summed E-state index contributed by atoms with van der Waals surface area (Å²) in [5, 5.41) is 3.26. The van der Waals surface area contributed by atoms with Gasteiger partial charge in [0.15, 0.2) is 0 Å². The summed E-state index contributed by atoms with van der Waals surface area (Å²) >= 11 is 0. The first-order valence-corrected chi connectivity index (χ1v) is 19.8. The van der Waals surface area contributed by atoms with Gasteiger partial charge in [-0.1, -0.05) is 50.3 Å². The minimum atomic E-state index is -3.54. The van der Waals surface area contributed by atoms with E-state index in [1.165, 1.54) is 12.1 Å². The molecule has 3 fully saturated rings. The van der Waals surface area contributed by atoms with Gasteiger partial charge >= 0.3 is 0 Å². The van der Waals surface area contributed by atoms with Gasteiger partial charge in [0.05, 0.1) is 15.3 Å². The molecule has 2 aliphatic heterocycles. The lowest BCUT2D eigenvalue weighted by molar-refractivity contribution is -0.117. The van der Waals surface area contributed by atoms with Crippen LogP contribution in [0.5, 0.6) is 0 Å². The van der Waals surface area contributed by atoms with Crippen LogP contribution < -0.4 is 10.2 Å². The van der Waals surface area contributed by atoms with Crippen molar-refractivity contribution in [3.8, 4) is 0 Å². The molecular formula is C41H48FN5O3S. The molecule has 3 aromatic carbocycles. The molecule has 1 amide bonds. The molecule has 1 unspecified atom stereocenters. The van der Waals surface area contributed by atoms with Crippen LogP contribution >= 0.6 is 0 Å². The lowest BCUT2D eigenvalue weighted by atomic mass is 9.64. The Morgan fingerprint density at radius 2 is 1.71 bits per heavy atom. The first kappa shape index (κ1) is 35.1. The highest BCUT2D eigenvalue weighted by molar-refractivity contribution is 7.91. The lowest BCUT2D eigenvalue weighted by Crippen LogP contribution is -2.58. The normalized spacial score (nSPS) is 21.6. The zero-order chi connectivity index (χ0) is 35.6. The smallest absolute Gasteiger partial charge is 0.243 e. The molecular weight excluding hydrogens is 662 g/mol. The molecule has 0 bridgehead atoms. The number of amides is 1. The van der Waals surface area contributed by atoms with Crippen LogP contribution in [0.1, 0.15) is 50.4 Å². The third-order valence-corrected chi connectivity index (χ3v) is 13.3. The van der Waals surface area contributed by atoms with Gasteiger partial charge in [0, 0.05) is 62.0 Å². The maximum Gasteiger partial charge on any atom is 0.243 e. The summed E-state index contributed by atoms with van der Waals surface area (Å²) in [5.41, 5.74) is 1.42. The van der Waals surface area contributed by atoms with E-state index in [4.69, 9.17) is 4.98 Å². The average molecular weight is 710 g/mol. The van der Waals surface area contributed by atoms with Gasteiger partial charge in [0.2, 0.25) is 15.7 Å². The largest absolute Gasteiger partial charge is 0.371 e. The Hall–Kier alpha value is -4.28. The summed E-state index contributed by atoms with van der Waals surface area (Å²) < 4.78 is 43.5. The monoisotopic (exact) mass is 709 g/mol. The SMILES string of the molecule is C=CC(=O)N[C@H]1CCC[C@@H]1C(c1cccc(F)c1)(C1CCN(CC2CN(c3ccc(S(=O)(=O)c4ccccc4)cc3)C2)CC1)n1ccnc1CC. The number of imidazole rings is 1. The van der Waals surface area contributed by atoms with E-state index in [-0.39, 0.29) is 29.6 Å². The Kier molecular flexibility index (Phi) is 10.2. The number of rotatable bonds is 12. The zero-order valence-corrected chi connectivity index (χ0v) is 30.1. The van der Waals surface area contributed by atoms with Crippen LogP contribution in [0, 0.1) is 23.6 Å². The zero-order valence-electron chi connectivity index (χ0n) is 29.3. The number of hydrogen-bond acceptors (Lipinski definition) is 6. The van der Waals surface area contributed by atoms with Crippen LogP contribution in [0.15, 0.2) is 114 Å². The van der Waals surface area contributed by atoms with Crippen LogP contribution in [-0.4, -0.2) is 67.5 Å². The summed E-state index contributed by atoms with van der Waals surface area (Å²) in [5.74, 6) is 1.36. The van der Waals surface area contributed by atoms with Gasteiger partial charge in [-0.3, -0.25) is 4.79 Å². The Balaban J connectivity index is 1.06. The van der Waals surface area contributed by atoms with Crippen molar-refractivity contribution in [2.75, 3.05) is 37.6 Å². The van der Waals surface area contributed by atoms with E-state index in [1.54, 1.807) is 42.5 Å². The van der Waals surface area contributed by atoms with E-state index in [9.17, 15) is 13.2 Å². The van der Waals surface area contributed by atoms with Gasteiger partial charge in [-0.15, -0.1) is 0 Å². The molecule has 0 radical (unpaired) electrons. The molecule has 1 aromatic heterocycles. The molecule has 8 nitrogen and oxygen atoms in total. The number of benzene rings is 3. The maximum atomic E-state index is 15.1. The molecule has 3 heterocycles. The van der Waals surface area contributed by atoms with Crippen LogP contribution in [0.25, 0.3) is 0 Å². The fourth-order valence-electron chi connectivity index (χ4n) is 9.23. The molecule has 7 rings (SSSR count). The third kappa shape index (κ3) is 6.76. The fourth-order valence-corrected chi connectivity index (χ4v) is 10.5. The maximum absolute atomic E-state index is 15.1. The lowest BCUT2D eigenvalue weighted by Gasteiger charge is -2.52. The van der Waals surface area contributed by atoms with Crippen molar-refractivity contribution in [2.45, 2.75) is 66.8 Å². The van der Waals surface area contributed by atoms with Crippen molar-refractivity contribution in [3.63, 3.8) is 0 Å². The second kappa shape index (κ2) is 14.8. The van der Waals surface area contributed by atoms with Gasteiger partial charge in [0.25, 0.3) is 0 Å². The Morgan fingerprint density at radius 3 is 2.39 bits per heavy atom. The van der Waals surface area contributed by atoms with Gasteiger partial charge in [-0.25, -0.2) is 17.8 Å². The molecule has 51 heavy (non-hydrogen) atoms. The second-order valence-electron chi connectivity index (χ2n) is 14.4. The van der Waals surface area contributed by atoms with E-state index in [2.05, 4.69) is 45.4 Å². The number of anilines is 1. The van der Waals surface area contributed by atoms with E-state index < -0.39 is 15.4 Å². The van der Waals surface area contributed by atoms with Crippen LogP contribution in [-0.2, 0) is 26.6 Å². The number of aryl methyl sites for hydroxylation is 1. The molecule has 1 aliphatic carbocycles. The average Bonchev–Trinajstić information content (AvgIpc) is 3.81. The topological polar surface area (TPSA) is 87.5 Å². The number of piperidine rings is 1. The second-order valence-corrected chi connectivity index (χ2v) is 16.4. The number of sulfone groups is 1. The quantitative estimate of drug-likeness (QED) is 0.170. The highest BCUT2D eigenvalue weighted by atomic mass is 32.2. The summed E-state index contributed by atoms with van der Waals surface area (Å²) in [7, 11) is -3.54. The van der Waals surface area contributed by atoms with Gasteiger partial charge in [-0.05, 0) is 105 Å². The van der Waals surface area contributed by atoms with Gasteiger partial charge in [0.1, 0.15) is 11.6 Å². The van der Waals surface area contributed by atoms with Crippen molar-refractivity contribution < 1.29 is 17.6 Å². The minimum Gasteiger partial charge on any atom is -0.371 e. The van der Waals surface area contributed by atoms with Crippen molar-refractivity contribution in [3.05, 3.63) is 121 Å². The molecule has 1 N–H and O–H groups in total. The van der Waals surface area contributed by atoms with Crippen molar-refractivity contribution >= 4 is 21.4 Å². The molecule has 10 heteroatoms. The standard InChI is InChI=1S/C41H48FN5O3S/c1-3-39-43-22-25-47(39)41(32-10-8-11-33(42)26-32,37-14-9-15-38(37)44-40(48)4-2)31-20-23-45(24-21-31)27-30-28-46(29-30)34-16-18-36(19-17-34)51(49,50)35-12-6-5-7-13-35/h4-8,10-13,16-19,22,25-26,30-31,37-38H,2-3,9,14-15,20-21,23-24,27-29H2,1H3,(H,44,48)/t37-,38-,41?/m0/s1. The minimum absolute atomic E-state index is 0.0580. The highest BCUT2D eigenvalue weighted by Crippen LogP contribution is 2.52. The van der Waals surface area contributed by atoms with Gasteiger partial charge in [-0.2, -0.15) is 0 Å². The molecule has 4 aromatic rings. The fraction of sp³-hybridized carbons (Fsp3) is 0.415. The van der Waals surface area contributed by atoms with Crippen molar-refractivity contribution in [2.24, 2.45) is 17.8 Å². The van der Waals surface area contributed by atoms with Crippen LogP contribution in [0.4, 0.5) is 10.1 Å². The van der Waals surface area contributed by atoms with E-state index in [0.717, 1.165) is 88.3 Å². The van der Waals surface area contributed by atoms with Crippen LogP contribution in [0.2, 0.25) is 0 Å². The first-order valence-electron chi connectivity index (χ1n) is 18.3. The summed E-state index contributed by atoms with van der Waals surface area (Å²) in [6.07, 6.45) is 10.7. The number of nitrogens with zero attached hydrogens (tertiary/aromatic N) is 4. The van der Waals surface area contributed by atoms with E-state index in [0.29, 0.717) is 15.7 Å². The Labute approximate surface area is 301 Å². The predicted octanol–water partition coefficient (Wildman–Crippen LogP) is 6.48. The molecule has 268 valence electrons. The first-order chi connectivity index (χ1) is 24.7. The highest BCUT2D eigenvalue weighted by Gasteiger charge is 2.54. The summed E-state index contributed by atoms with van der Waals surface area (Å²) in [4.78, 5) is 22.9. The number of carbonyl (C=O) groups is 1. The number of likely N-dealkylation sites (tertiary alicyclic amines) is 1. The number of hydrogen-bond donors (Lipinski definition) is 1. The van der Waals surface area contributed by atoms with Gasteiger partial charge < -0.3 is 19.7 Å². The number of carbonyl (C=O) groups excluding carboxylic acids is 1. The van der Waals surface area contributed by atoms with Crippen LogP contribution in [0.3, 0.4) is 0 Å². The van der Waals surface area contributed by atoms with E-state index >= 15 is 4.39 Å². The number of halogens is 1. The molecule has 0 spiro atoms.